The second kappa shape index (κ2) is 7.78. The topological polar surface area (TPSA) is 105 Å². The molecule has 0 spiro atoms. The number of hydrogen-bond acceptors (Lipinski definition) is 6. The maximum absolute atomic E-state index is 13.4. The highest BCUT2D eigenvalue weighted by Gasteiger charge is 2.29. The summed E-state index contributed by atoms with van der Waals surface area (Å²) < 4.78 is 45.4. The molecule has 0 bridgehead atoms. The highest BCUT2D eigenvalue weighted by Crippen LogP contribution is 2.37. The summed E-state index contributed by atoms with van der Waals surface area (Å²) >= 11 is 0. The van der Waals surface area contributed by atoms with Gasteiger partial charge in [-0.25, -0.2) is 12.8 Å². The lowest BCUT2D eigenvalue weighted by molar-refractivity contribution is 0.0964. The van der Waals surface area contributed by atoms with E-state index in [9.17, 15) is 17.6 Å². The number of pyridine rings is 1. The third kappa shape index (κ3) is 3.79. The lowest BCUT2D eigenvalue weighted by Gasteiger charge is -2.27. The first-order chi connectivity index (χ1) is 14.7. The number of fused-ring (bicyclic) bond motifs is 2. The molecule has 1 aromatic carbocycles. The van der Waals surface area contributed by atoms with E-state index in [1.165, 1.54) is 35.6 Å². The van der Waals surface area contributed by atoms with E-state index in [2.05, 4.69) is 22.2 Å². The molecule has 1 aliphatic rings. The number of amides is 1. The Hall–Kier alpha value is -3.24. The van der Waals surface area contributed by atoms with Gasteiger partial charge in [0.2, 0.25) is 15.7 Å². The van der Waals surface area contributed by atoms with Gasteiger partial charge in [0.15, 0.2) is 5.82 Å². The van der Waals surface area contributed by atoms with Crippen molar-refractivity contribution in [1.29, 1.82) is 0 Å². The van der Waals surface area contributed by atoms with Crippen molar-refractivity contribution < 1.29 is 22.0 Å². The lowest BCUT2D eigenvalue weighted by Crippen LogP contribution is -2.39. The fraction of sp³-hybridized carbons (Fsp3) is 0.238. The zero-order valence-electron chi connectivity index (χ0n) is 17.0. The Labute approximate surface area is 178 Å². The second-order valence-corrected chi connectivity index (χ2v) is 9.13. The number of rotatable bonds is 3. The van der Waals surface area contributed by atoms with Crippen molar-refractivity contribution in [2.75, 3.05) is 37.2 Å². The molecule has 0 fully saturated rings. The zero-order chi connectivity index (χ0) is 22.3. The van der Waals surface area contributed by atoms with Gasteiger partial charge in [-0.2, -0.15) is 4.98 Å². The molecule has 3 heterocycles. The van der Waals surface area contributed by atoms with Crippen LogP contribution < -0.4 is 14.9 Å². The van der Waals surface area contributed by atoms with Gasteiger partial charge in [-0.05, 0) is 35.9 Å². The summed E-state index contributed by atoms with van der Waals surface area (Å²) in [5.74, 6) is -0.414. The minimum atomic E-state index is -3.63. The Balaban J connectivity index is 2.04. The summed E-state index contributed by atoms with van der Waals surface area (Å²) in [4.78, 5) is 17.2. The fourth-order valence-corrected chi connectivity index (χ4v) is 4.44. The second-order valence-electron chi connectivity index (χ2n) is 7.22. The first-order valence-corrected chi connectivity index (χ1v) is 11.4. The van der Waals surface area contributed by atoms with Crippen LogP contribution in [0.5, 0.6) is 0 Å². The van der Waals surface area contributed by atoms with E-state index in [4.69, 9.17) is 4.42 Å². The minimum Gasteiger partial charge on any atom is -0.437 e. The zero-order valence-corrected chi connectivity index (χ0v) is 17.8. The molecule has 4 rings (SSSR count). The van der Waals surface area contributed by atoms with E-state index < -0.39 is 21.7 Å². The van der Waals surface area contributed by atoms with Gasteiger partial charge in [-0.1, -0.05) is 6.58 Å². The Kier molecular flexibility index (Phi) is 5.28. The molecule has 0 aliphatic carbocycles. The quantitative estimate of drug-likeness (QED) is 0.643. The highest BCUT2D eigenvalue weighted by atomic mass is 32.2. The fourth-order valence-electron chi connectivity index (χ4n) is 3.56. The third-order valence-electron chi connectivity index (χ3n) is 5.07. The van der Waals surface area contributed by atoms with Gasteiger partial charge in [-0.3, -0.25) is 9.10 Å². The summed E-state index contributed by atoms with van der Waals surface area (Å²) in [6.45, 7) is 5.10. The summed E-state index contributed by atoms with van der Waals surface area (Å²) in [6.07, 6.45) is 1.11. The first-order valence-electron chi connectivity index (χ1n) is 9.53. The third-order valence-corrected chi connectivity index (χ3v) is 6.23. The van der Waals surface area contributed by atoms with E-state index in [-0.39, 0.29) is 29.4 Å². The number of anilines is 1. The number of benzene rings is 1. The van der Waals surface area contributed by atoms with Crippen LogP contribution in [0.4, 0.5) is 10.2 Å². The van der Waals surface area contributed by atoms with Crippen molar-refractivity contribution in [3.05, 3.63) is 53.9 Å². The molecule has 0 saturated carbocycles. The van der Waals surface area contributed by atoms with E-state index in [1.807, 2.05) is 0 Å². The smallest absolute Gasteiger partial charge is 0.255 e. The van der Waals surface area contributed by atoms with Crippen molar-refractivity contribution in [3.8, 4) is 11.3 Å². The van der Waals surface area contributed by atoms with Gasteiger partial charge in [0.05, 0.1) is 17.2 Å². The molecule has 1 amide bonds. The summed E-state index contributed by atoms with van der Waals surface area (Å²) in [5.41, 5.74) is 1.96. The van der Waals surface area contributed by atoms with Crippen LogP contribution in [-0.2, 0) is 10.0 Å². The number of aromatic nitrogens is 1. The van der Waals surface area contributed by atoms with Gasteiger partial charge in [0, 0.05) is 37.8 Å². The molecule has 2 N–H and O–H groups in total. The Morgan fingerprint density at radius 1 is 1.32 bits per heavy atom. The SMILES string of the molecule is C=C1CNCCN(S(C)(=O)=O)c2nc3oc(-c4ccc(F)cc4)c(C(=O)NC)c3cc21. The number of halogens is 1. The molecule has 0 atom stereocenters. The maximum Gasteiger partial charge on any atom is 0.255 e. The van der Waals surface area contributed by atoms with Gasteiger partial charge in [0.25, 0.3) is 5.91 Å². The molecule has 162 valence electrons. The van der Waals surface area contributed by atoms with Crippen LogP contribution in [-0.4, -0.2) is 52.2 Å². The monoisotopic (exact) mass is 444 g/mol. The largest absolute Gasteiger partial charge is 0.437 e. The average molecular weight is 444 g/mol. The Morgan fingerprint density at radius 3 is 2.68 bits per heavy atom. The predicted molar refractivity (Wildman–Crippen MR) is 117 cm³/mol. The Bertz CT molecular complexity index is 1300. The molecular formula is C21H21FN4O4S. The van der Waals surface area contributed by atoms with E-state index in [0.717, 1.165) is 6.26 Å². The molecular weight excluding hydrogens is 423 g/mol. The van der Waals surface area contributed by atoms with Crippen LogP contribution in [0.3, 0.4) is 0 Å². The van der Waals surface area contributed by atoms with Crippen LogP contribution in [0, 0.1) is 5.82 Å². The molecule has 31 heavy (non-hydrogen) atoms. The van der Waals surface area contributed by atoms with Crippen LogP contribution in [0.1, 0.15) is 15.9 Å². The van der Waals surface area contributed by atoms with Crippen molar-refractivity contribution in [2.45, 2.75) is 0 Å². The Morgan fingerprint density at radius 2 is 2.03 bits per heavy atom. The van der Waals surface area contributed by atoms with Crippen molar-refractivity contribution >= 4 is 38.4 Å². The number of hydrogen-bond donors (Lipinski definition) is 2. The highest BCUT2D eigenvalue weighted by molar-refractivity contribution is 7.92. The van der Waals surface area contributed by atoms with Crippen LogP contribution >= 0.6 is 0 Å². The standard InChI is InChI=1S/C21H21FN4O4S/c1-12-11-24-8-9-26(31(3,28)29)19-15(12)10-16-17(20(27)23-2)18(30-21(16)25-19)13-4-6-14(22)7-5-13/h4-7,10,24H,1,8-9,11H2,2-3H3,(H,23,27). The van der Waals surface area contributed by atoms with Gasteiger partial charge in [-0.15, -0.1) is 0 Å². The molecule has 2 aromatic heterocycles. The number of sulfonamides is 1. The van der Waals surface area contributed by atoms with Crippen molar-refractivity contribution in [1.82, 2.24) is 15.6 Å². The minimum absolute atomic E-state index is 0.103. The first kappa shape index (κ1) is 21.0. The van der Waals surface area contributed by atoms with Gasteiger partial charge >= 0.3 is 0 Å². The predicted octanol–water partition coefficient (Wildman–Crippen LogP) is 2.38. The molecule has 0 unspecified atom stereocenters. The summed E-state index contributed by atoms with van der Waals surface area (Å²) in [5, 5.41) is 6.14. The maximum atomic E-state index is 13.4. The van der Waals surface area contributed by atoms with Crippen LogP contribution in [0.2, 0.25) is 0 Å². The summed E-state index contributed by atoms with van der Waals surface area (Å²) in [7, 11) is -2.13. The van der Waals surface area contributed by atoms with E-state index >= 15 is 0 Å². The van der Waals surface area contributed by atoms with Crippen molar-refractivity contribution in [3.63, 3.8) is 0 Å². The number of nitrogens with one attached hydrogen (secondary N) is 2. The molecule has 3 aromatic rings. The van der Waals surface area contributed by atoms with E-state index in [1.54, 1.807) is 6.07 Å². The molecule has 10 heteroatoms. The number of carbonyl (C=O) groups is 1. The molecule has 8 nitrogen and oxygen atoms in total. The van der Waals surface area contributed by atoms with Gasteiger partial charge in [0.1, 0.15) is 11.6 Å². The molecule has 0 saturated heterocycles. The average Bonchev–Trinajstić information content (AvgIpc) is 3.08. The van der Waals surface area contributed by atoms with E-state index in [0.29, 0.717) is 35.2 Å². The molecule has 0 radical (unpaired) electrons. The lowest BCUT2D eigenvalue weighted by atomic mass is 10.0. The van der Waals surface area contributed by atoms with Crippen LogP contribution in [0.25, 0.3) is 28.0 Å². The number of carbonyl (C=O) groups excluding carboxylic acids is 1. The van der Waals surface area contributed by atoms with Crippen molar-refractivity contribution in [2.24, 2.45) is 0 Å². The van der Waals surface area contributed by atoms with Gasteiger partial charge < -0.3 is 15.1 Å². The van der Waals surface area contributed by atoms with Crippen LogP contribution in [0.15, 0.2) is 41.3 Å². The number of furan rings is 1. The summed E-state index contributed by atoms with van der Waals surface area (Å²) in [6, 6.07) is 7.21. The molecule has 1 aliphatic heterocycles. The number of nitrogens with zero attached hydrogens (tertiary/aromatic N) is 2. The normalized spacial score (nSPS) is 14.8.